The van der Waals surface area contributed by atoms with Gasteiger partial charge in [0.15, 0.2) is 0 Å². The number of fused-ring (bicyclic) bond motifs is 1. The van der Waals surface area contributed by atoms with Crippen molar-refractivity contribution in [2.45, 2.75) is 40.2 Å². The highest BCUT2D eigenvalue weighted by atomic mass is 35.5. The molecule has 0 spiro atoms. The molecule has 20 heavy (non-hydrogen) atoms. The largest absolute Gasteiger partial charge is 0.327 e. The minimum atomic E-state index is -0.410. The molecule has 0 atom stereocenters. The molecule has 0 unspecified atom stereocenters. The first-order valence-corrected chi connectivity index (χ1v) is 7.69. The summed E-state index contributed by atoms with van der Waals surface area (Å²) in [4.78, 5) is 4.55. The third-order valence-electron chi connectivity index (χ3n) is 3.73. The van der Waals surface area contributed by atoms with Crippen LogP contribution in [-0.2, 0) is 13.0 Å². The number of halogens is 3. The predicted octanol–water partition coefficient (Wildman–Crippen LogP) is 5.05. The molecule has 1 heterocycles. The summed E-state index contributed by atoms with van der Waals surface area (Å²) < 4.78 is 15.8. The number of hydrogen-bond acceptors (Lipinski definition) is 1. The van der Waals surface area contributed by atoms with E-state index in [0.29, 0.717) is 12.3 Å². The van der Waals surface area contributed by atoms with E-state index in [1.165, 1.54) is 6.07 Å². The maximum absolute atomic E-state index is 13.7. The zero-order valence-corrected chi connectivity index (χ0v) is 13.5. The van der Waals surface area contributed by atoms with Crippen LogP contribution in [0.2, 0.25) is 5.02 Å². The van der Waals surface area contributed by atoms with E-state index in [4.69, 9.17) is 23.2 Å². The van der Waals surface area contributed by atoms with Crippen molar-refractivity contribution in [1.82, 2.24) is 9.55 Å². The van der Waals surface area contributed by atoms with Crippen LogP contribution in [0.5, 0.6) is 0 Å². The summed E-state index contributed by atoms with van der Waals surface area (Å²) in [5, 5.41) is 0.106. The van der Waals surface area contributed by atoms with Crippen LogP contribution in [0.1, 0.15) is 33.0 Å². The van der Waals surface area contributed by atoms with E-state index in [0.717, 1.165) is 29.8 Å². The van der Waals surface area contributed by atoms with E-state index in [-0.39, 0.29) is 10.4 Å². The number of aromatic nitrogens is 2. The second kappa shape index (κ2) is 5.90. The Morgan fingerprint density at radius 1 is 1.35 bits per heavy atom. The van der Waals surface area contributed by atoms with Gasteiger partial charge in [-0.25, -0.2) is 9.37 Å². The molecule has 0 saturated carbocycles. The predicted molar refractivity (Wildman–Crippen MR) is 83.2 cm³/mol. The third-order valence-corrected chi connectivity index (χ3v) is 4.21. The van der Waals surface area contributed by atoms with Crippen molar-refractivity contribution in [3.05, 3.63) is 28.8 Å². The van der Waals surface area contributed by atoms with Gasteiger partial charge in [-0.3, -0.25) is 0 Å². The molecular formula is C15H19Cl2FN2. The summed E-state index contributed by atoms with van der Waals surface area (Å²) in [6.45, 7) is 7.32. The minimum Gasteiger partial charge on any atom is -0.327 e. The molecule has 5 heteroatoms. The molecule has 0 radical (unpaired) electrons. The molecule has 0 saturated heterocycles. The second-order valence-corrected chi connectivity index (χ2v) is 6.61. The number of aryl methyl sites for hydroxylation is 1. The second-order valence-electron chi connectivity index (χ2n) is 5.83. The van der Waals surface area contributed by atoms with E-state index in [9.17, 15) is 4.39 Å². The SMILES string of the molecule is CCC(C)(C)Cn1c(CCCl)nc2cc(Cl)c(F)cc21. The molecule has 110 valence electrons. The Morgan fingerprint density at radius 3 is 2.65 bits per heavy atom. The summed E-state index contributed by atoms with van der Waals surface area (Å²) in [5.41, 5.74) is 1.63. The van der Waals surface area contributed by atoms with Gasteiger partial charge in [0.25, 0.3) is 0 Å². The summed E-state index contributed by atoms with van der Waals surface area (Å²) in [6, 6.07) is 3.05. The van der Waals surface area contributed by atoms with Gasteiger partial charge >= 0.3 is 0 Å². The highest BCUT2D eigenvalue weighted by Gasteiger charge is 2.21. The lowest BCUT2D eigenvalue weighted by Gasteiger charge is -2.24. The number of rotatable bonds is 5. The Labute approximate surface area is 128 Å². The first-order valence-electron chi connectivity index (χ1n) is 6.78. The van der Waals surface area contributed by atoms with Crippen LogP contribution in [0, 0.1) is 11.2 Å². The Balaban J connectivity index is 2.58. The van der Waals surface area contributed by atoms with Crippen molar-refractivity contribution in [3.8, 4) is 0 Å². The molecule has 1 aromatic heterocycles. The first-order chi connectivity index (χ1) is 9.38. The summed E-state index contributed by atoms with van der Waals surface area (Å²) >= 11 is 11.7. The molecule has 2 aromatic rings. The smallest absolute Gasteiger partial charge is 0.144 e. The standard InChI is InChI=1S/C15H19Cl2FN2/c1-4-15(2,3)9-20-13-8-11(18)10(17)7-12(13)19-14(20)5-6-16/h7-8H,4-6,9H2,1-3H3. The highest BCUT2D eigenvalue weighted by Crippen LogP contribution is 2.29. The fourth-order valence-corrected chi connectivity index (χ4v) is 2.49. The normalized spacial score (nSPS) is 12.3. The average Bonchev–Trinajstić information content (AvgIpc) is 2.68. The van der Waals surface area contributed by atoms with Crippen LogP contribution >= 0.6 is 23.2 Å². The van der Waals surface area contributed by atoms with E-state index in [2.05, 4.69) is 30.3 Å². The summed E-state index contributed by atoms with van der Waals surface area (Å²) in [6.07, 6.45) is 1.69. The van der Waals surface area contributed by atoms with Crippen LogP contribution in [-0.4, -0.2) is 15.4 Å². The maximum atomic E-state index is 13.7. The van der Waals surface area contributed by atoms with Gasteiger partial charge in [0, 0.05) is 24.9 Å². The van der Waals surface area contributed by atoms with Crippen molar-refractivity contribution in [3.63, 3.8) is 0 Å². The summed E-state index contributed by atoms with van der Waals surface area (Å²) in [7, 11) is 0. The quantitative estimate of drug-likeness (QED) is 0.706. The number of imidazole rings is 1. The lowest BCUT2D eigenvalue weighted by molar-refractivity contribution is 0.294. The molecule has 0 aliphatic rings. The molecule has 2 nitrogen and oxygen atoms in total. The molecule has 2 rings (SSSR count). The lowest BCUT2D eigenvalue weighted by atomic mass is 9.90. The fourth-order valence-electron chi connectivity index (χ4n) is 2.16. The van der Waals surface area contributed by atoms with Gasteiger partial charge in [-0.05, 0) is 17.9 Å². The Kier molecular flexibility index (Phi) is 4.60. The number of nitrogens with zero attached hydrogens (tertiary/aromatic N) is 2. The Bertz CT molecular complexity index is 620. The lowest BCUT2D eigenvalue weighted by Crippen LogP contribution is -2.20. The zero-order chi connectivity index (χ0) is 14.9. The van der Waals surface area contributed by atoms with E-state index in [1.807, 2.05) is 0 Å². The number of benzene rings is 1. The molecule has 0 amide bonds. The van der Waals surface area contributed by atoms with Gasteiger partial charge < -0.3 is 4.57 Å². The van der Waals surface area contributed by atoms with Crippen molar-refractivity contribution in [1.29, 1.82) is 0 Å². The Hall–Kier alpha value is -0.800. The number of alkyl halides is 1. The van der Waals surface area contributed by atoms with Crippen molar-refractivity contribution < 1.29 is 4.39 Å². The van der Waals surface area contributed by atoms with Gasteiger partial charge in [-0.15, -0.1) is 11.6 Å². The van der Waals surface area contributed by atoms with Gasteiger partial charge in [0.05, 0.1) is 16.1 Å². The summed E-state index contributed by atoms with van der Waals surface area (Å²) in [5.74, 6) is 0.969. The van der Waals surface area contributed by atoms with Crippen LogP contribution in [0.15, 0.2) is 12.1 Å². The highest BCUT2D eigenvalue weighted by molar-refractivity contribution is 6.31. The minimum absolute atomic E-state index is 0.106. The van der Waals surface area contributed by atoms with Gasteiger partial charge in [0.1, 0.15) is 11.6 Å². The molecule has 0 aliphatic carbocycles. The molecule has 0 fully saturated rings. The fraction of sp³-hybridized carbons (Fsp3) is 0.533. The van der Waals surface area contributed by atoms with E-state index in [1.54, 1.807) is 6.07 Å². The van der Waals surface area contributed by atoms with Crippen LogP contribution in [0.4, 0.5) is 4.39 Å². The van der Waals surface area contributed by atoms with Crippen LogP contribution < -0.4 is 0 Å². The maximum Gasteiger partial charge on any atom is 0.144 e. The molecule has 0 aliphatic heterocycles. The van der Waals surface area contributed by atoms with Crippen molar-refractivity contribution >= 4 is 34.2 Å². The third kappa shape index (κ3) is 3.09. The molecule has 0 N–H and O–H groups in total. The van der Waals surface area contributed by atoms with Gasteiger partial charge in [-0.1, -0.05) is 32.4 Å². The Morgan fingerprint density at radius 2 is 2.05 bits per heavy atom. The molecular weight excluding hydrogens is 298 g/mol. The van der Waals surface area contributed by atoms with Crippen molar-refractivity contribution in [2.24, 2.45) is 5.41 Å². The van der Waals surface area contributed by atoms with Gasteiger partial charge in [0.2, 0.25) is 0 Å². The van der Waals surface area contributed by atoms with Gasteiger partial charge in [-0.2, -0.15) is 0 Å². The van der Waals surface area contributed by atoms with Crippen LogP contribution in [0.25, 0.3) is 11.0 Å². The monoisotopic (exact) mass is 316 g/mol. The van der Waals surface area contributed by atoms with Crippen LogP contribution in [0.3, 0.4) is 0 Å². The average molecular weight is 317 g/mol. The topological polar surface area (TPSA) is 17.8 Å². The van der Waals surface area contributed by atoms with E-state index >= 15 is 0 Å². The molecule has 0 bridgehead atoms. The zero-order valence-electron chi connectivity index (χ0n) is 12.0. The van der Waals surface area contributed by atoms with E-state index < -0.39 is 5.82 Å². The van der Waals surface area contributed by atoms with Crippen molar-refractivity contribution in [2.75, 3.05) is 5.88 Å². The number of hydrogen-bond donors (Lipinski definition) is 0. The molecule has 1 aromatic carbocycles. The first kappa shape index (κ1) is 15.6.